The summed E-state index contributed by atoms with van der Waals surface area (Å²) in [5.41, 5.74) is 2.98. The Balaban J connectivity index is 1.67. The second-order valence-corrected chi connectivity index (χ2v) is 6.74. The van der Waals surface area contributed by atoms with Gasteiger partial charge in [-0.25, -0.2) is 9.37 Å². The molecule has 146 valence electrons. The van der Waals surface area contributed by atoms with Crippen molar-refractivity contribution in [3.63, 3.8) is 0 Å². The van der Waals surface area contributed by atoms with Crippen molar-refractivity contribution in [1.29, 1.82) is 0 Å². The Labute approximate surface area is 164 Å². The molecule has 0 saturated carbocycles. The lowest BCUT2D eigenvalue weighted by Crippen LogP contribution is -2.32. The van der Waals surface area contributed by atoms with Crippen LogP contribution in [-0.2, 0) is 11.8 Å². The van der Waals surface area contributed by atoms with E-state index in [1.807, 2.05) is 49.9 Å². The minimum Gasteiger partial charge on any atom is -0.493 e. The number of carbonyl (C=O) groups excluding carboxylic acids is 1. The van der Waals surface area contributed by atoms with Crippen LogP contribution in [0.3, 0.4) is 0 Å². The summed E-state index contributed by atoms with van der Waals surface area (Å²) in [7, 11) is 1.86. The van der Waals surface area contributed by atoms with Crippen molar-refractivity contribution >= 4 is 5.91 Å². The topological polar surface area (TPSA) is 56.1 Å². The molecule has 3 aromatic rings. The number of aromatic nitrogens is 2. The Morgan fingerprint density at radius 1 is 1.21 bits per heavy atom. The first-order valence-electron chi connectivity index (χ1n) is 9.17. The molecule has 1 N–H and O–H groups in total. The fourth-order valence-corrected chi connectivity index (χ4v) is 2.97. The minimum absolute atomic E-state index is 0.164. The molecule has 1 amide bonds. The monoisotopic (exact) mass is 381 g/mol. The lowest BCUT2D eigenvalue weighted by molar-refractivity contribution is -0.122. The van der Waals surface area contributed by atoms with Gasteiger partial charge in [-0.2, -0.15) is 0 Å². The Bertz CT molecular complexity index is 951. The second kappa shape index (κ2) is 8.69. The molecule has 0 bridgehead atoms. The molecule has 1 unspecified atom stereocenters. The van der Waals surface area contributed by atoms with Crippen molar-refractivity contribution in [2.75, 3.05) is 6.61 Å². The third kappa shape index (κ3) is 4.57. The van der Waals surface area contributed by atoms with E-state index in [9.17, 15) is 9.18 Å². The number of rotatable bonds is 7. The molecule has 0 aliphatic carbocycles. The van der Waals surface area contributed by atoms with Gasteiger partial charge >= 0.3 is 0 Å². The molecule has 28 heavy (non-hydrogen) atoms. The summed E-state index contributed by atoms with van der Waals surface area (Å²) in [5, 5.41) is 2.98. The molecule has 1 heterocycles. The van der Waals surface area contributed by atoms with Crippen LogP contribution in [0.1, 0.15) is 35.0 Å². The van der Waals surface area contributed by atoms with E-state index in [0.717, 1.165) is 22.4 Å². The standard InChI is InChI=1S/C22H24FN3O2/c1-15-5-4-6-19(16(15)2)28-14-11-20(27)25-21(22-24-12-13-26(22)3)17-7-9-18(23)10-8-17/h4-10,12-13,21H,11,14H2,1-3H3,(H,25,27). The quantitative estimate of drug-likeness (QED) is 0.676. The fraction of sp³-hybridized carbons (Fsp3) is 0.273. The molecule has 2 aromatic carbocycles. The zero-order chi connectivity index (χ0) is 20.1. The largest absolute Gasteiger partial charge is 0.493 e. The van der Waals surface area contributed by atoms with Crippen molar-refractivity contribution < 1.29 is 13.9 Å². The number of hydrogen-bond acceptors (Lipinski definition) is 3. The van der Waals surface area contributed by atoms with Crippen molar-refractivity contribution in [1.82, 2.24) is 14.9 Å². The Morgan fingerprint density at radius 3 is 2.64 bits per heavy atom. The molecule has 0 saturated heterocycles. The third-order valence-electron chi connectivity index (χ3n) is 4.77. The van der Waals surface area contributed by atoms with Gasteiger partial charge < -0.3 is 14.6 Å². The van der Waals surface area contributed by atoms with Crippen LogP contribution in [0, 0.1) is 19.7 Å². The van der Waals surface area contributed by atoms with Crippen LogP contribution in [0.15, 0.2) is 54.9 Å². The lowest BCUT2D eigenvalue weighted by atomic mass is 10.1. The fourth-order valence-electron chi connectivity index (χ4n) is 2.97. The number of halogens is 1. The predicted octanol–water partition coefficient (Wildman–Crippen LogP) is 3.85. The van der Waals surface area contributed by atoms with E-state index >= 15 is 0 Å². The van der Waals surface area contributed by atoms with Gasteiger partial charge in [-0.05, 0) is 48.7 Å². The first-order valence-corrected chi connectivity index (χ1v) is 9.17. The van der Waals surface area contributed by atoms with Crippen LogP contribution in [-0.4, -0.2) is 22.1 Å². The van der Waals surface area contributed by atoms with Crippen LogP contribution >= 0.6 is 0 Å². The first-order chi connectivity index (χ1) is 13.5. The summed E-state index contributed by atoms with van der Waals surface area (Å²) < 4.78 is 20.9. The van der Waals surface area contributed by atoms with Gasteiger partial charge in [-0.15, -0.1) is 0 Å². The summed E-state index contributed by atoms with van der Waals surface area (Å²) in [6.45, 7) is 4.29. The van der Waals surface area contributed by atoms with Gasteiger partial charge in [0, 0.05) is 19.4 Å². The average molecular weight is 381 g/mol. The number of amides is 1. The van der Waals surface area contributed by atoms with Gasteiger partial charge in [0.15, 0.2) is 0 Å². The van der Waals surface area contributed by atoms with Crippen molar-refractivity contribution in [2.24, 2.45) is 7.05 Å². The zero-order valence-corrected chi connectivity index (χ0v) is 16.3. The summed E-state index contributed by atoms with van der Waals surface area (Å²) >= 11 is 0. The second-order valence-electron chi connectivity index (χ2n) is 6.74. The van der Waals surface area contributed by atoms with Crippen molar-refractivity contribution in [3.05, 3.63) is 83.2 Å². The SMILES string of the molecule is Cc1cccc(OCCC(=O)NC(c2ccc(F)cc2)c2nccn2C)c1C. The van der Waals surface area contributed by atoms with E-state index in [-0.39, 0.29) is 24.8 Å². The molecule has 0 spiro atoms. The van der Waals surface area contributed by atoms with Crippen LogP contribution < -0.4 is 10.1 Å². The van der Waals surface area contributed by atoms with Crippen LogP contribution in [0.2, 0.25) is 0 Å². The number of imidazole rings is 1. The van der Waals surface area contributed by atoms with Gasteiger partial charge in [0.05, 0.1) is 13.0 Å². The number of ether oxygens (including phenoxy) is 1. The number of carbonyl (C=O) groups is 1. The number of aryl methyl sites for hydroxylation is 2. The maximum Gasteiger partial charge on any atom is 0.224 e. The molecule has 0 aliphatic rings. The first kappa shape index (κ1) is 19.6. The normalized spacial score (nSPS) is 11.9. The average Bonchev–Trinajstić information content (AvgIpc) is 3.10. The molecule has 0 fully saturated rings. The molecule has 1 aromatic heterocycles. The smallest absolute Gasteiger partial charge is 0.224 e. The summed E-state index contributed by atoms with van der Waals surface area (Å²) in [4.78, 5) is 16.9. The number of nitrogens with zero attached hydrogens (tertiary/aromatic N) is 2. The van der Waals surface area contributed by atoms with Crippen molar-refractivity contribution in [2.45, 2.75) is 26.3 Å². The van der Waals surface area contributed by atoms with Crippen molar-refractivity contribution in [3.8, 4) is 5.75 Å². The van der Waals surface area contributed by atoms with E-state index in [1.54, 1.807) is 18.3 Å². The van der Waals surface area contributed by atoms with Crippen LogP contribution in [0.25, 0.3) is 0 Å². The van der Waals surface area contributed by atoms with E-state index in [2.05, 4.69) is 10.3 Å². The molecule has 6 heteroatoms. The number of hydrogen-bond donors (Lipinski definition) is 1. The molecule has 1 atom stereocenters. The molecular weight excluding hydrogens is 357 g/mol. The van der Waals surface area contributed by atoms with Gasteiger partial charge in [0.1, 0.15) is 23.4 Å². The van der Waals surface area contributed by atoms with Gasteiger partial charge in [0.25, 0.3) is 0 Å². The highest BCUT2D eigenvalue weighted by atomic mass is 19.1. The highest BCUT2D eigenvalue weighted by Crippen LogP contribution is 2.22. The summed E-state index contributed by atoms with van der Waals surface area (Å²) in [5.74, 6) is 0.973. The molecule has 3 rings (SSSR count). The molecule has 5 nitrogen and oxygen atoms in total. The van der Waals surface area contributed by atoms with E-state index in [4.69, 9.17) is 4.74 Å². The van der Waals surface area contributed by atoms with Gasteiger partial charge in [-0.1, -0.05) is 24.3 Å². The molecular formula is C22H24FN3O2. The Kier molecular flexibility index (Phi) is 6.09. The summed E-state index contributed by atoms with van der Waals surface area (Å²) in [6.07, 6.45) is 3.68. The molecule has 0 aliphatic heterocycles. The van der Waals surface area contributed by atoms with E-state index in [0.29, 0.717) is 5.82 Å². The number of benzene rings is 2. The van der Waals surface area contributed by atoms with Crippen LogP contribution in [0.4, 0.5) is 4.39 Å². The highest BCUT2D eigenvalue weighted by molar-refractivity contribution is 5.77. The van der Waals surface area contributed by atoms with Gasteiger partial charge in [0.2, 0.25) is 5.91 Å². The van der Waals surface area contributed by atoms with E-state index in [1.165, 1.54) is 12.1 Å². The lowest BCUT2D eigenvalue weighted by Gasteiger charge is -2.19. The Morgan fingerprint density at radius 2 is 1.96 bits per heavy atom. The minimum atomic E-state index is -0.464. The third-order valence-corrected chi connectivity index (χ3v) is 4.77. The van der Waals surface area contributed by atoms with E-state index < -0.39 is 6.04 Å². The summed E-state index contributed by atoms with van der Waals surface area (Å²) in [6, 6.07) is 11.5. The maximum absolute atomic E-state index is 13.3. The van der Waals surface area contributed by atoms with Gasteiger partial charge in [-0.3, -0.25) is 4.79 Å². The zero-order valence-electron chi connectivity index (χ0n) is 16.3. The molecule has 0 radical (unpaired) electrons. The predicted molar refractivity (Wildman–Crippen MR) is 106 cm³/mol. The van der Waals surface area contributed by atoms with Crippen LogP contribution in [0.5, 0.6) is 5.75 Å². The number of nitrogens with one attached hydrogen (secondary N) is 1. The maximum atomic E-state index is 13.3. The highest BCUT2D eigenvalue weighted by Gasteiger charge is 2.20. The Hall–Kier alpha value is -3.15.